The van der Waals surface area contributed by atoms with Crippen LogP contribution in [0, 0.1) is 35.5 Å². The van der Waals surface area contributed by atoms with Gasteiger partial charge in [-0.2, -0.15) is 0 Å². The molecule has 2 saturated carbocycles. The minimum atomic E-state index is -0.240. The van der Waals surface area contributed by atoms with Crippen molar-refractivity contribution in [3.05, 3.63) is 76.9 Å². The van der Waals surface area contributed by atoms with Crippen molar-refractivity contribution in [2.24, 2.45) is 35.5 Å². The zero-order chi connectivity index (χ0) is 21.6. The average molecular weight is 424 g/mol. The van der Waals surface area contributed by atoms with Gasteiger partial charge in [0.1, 0.15) is 5.75 Å². The lowest BCUT2D eigenvalue weighted by molar-refractivity contribution is -0.123. The lowest BCUT2D eigenvalue weighted by Gasteiger charge is -2.28. The van der Waals surface area contributed by atoms with Crippen molar-refractivity contribution in [3.63, 3.8) is 0 Å². The summed E-state index contributed by atoms with van der Waals surface area (Å²) in [4.78, 5) is 28.9. The number of rotatable bonds is 3. The van der Waals surface area contributed by atoms with Crippen molar-refractivity contribution in [1.82, 2.24) is 0 Å². The fourth-order valence-electron chi connectivity index (χ4n) is 7.56. The number of allylic oxidation sites excluding steroid dienone is 3. The lowest BCUT2D eigenvalue weighted by atomic mass is 9.72. The van der Waals surface area contributed by atoms with Crippen LogP contribution in [0.4, 0.5) is 5.69 Å². The third-order valence-corrected chi connectivity index (χ3v) is 8.61. The molecule has 1 heterocycles. The van der Waals surface area contributed by atoms with E-state index < -0.39 is 0 Å². The number of benzene rings is 2. The molecule has 4 nitrogen and oxygen atoms in total. The maximum absolute atomic E-state index is 13.7. The number of carbonyl (C=O) groups excluding carboxylic acids is 2. The Morgan fingerprint density at radius 3 is 2.00 bits per heavy atom. The van der Waals surface area contributed by atoms with Crippen LogP contribution in [0.5, 0.6) is 5.75 Å². The van der Waals surface area contributed by atoms with Crippen molar-refractivity contribution in [2.45, 2.75) is 19.3 Å². The Labute approximate surface area is 187 Å². The van der Waals surface area contributed by atoms with Crippen LogP contribution in [0.3, 0.4) is 0 Å². The minimum Gasteiger partial charge on any atom is -0.497 e. The SMILES string of the molecule is COc1ccc(C=C2[C@H]3C4=C([C@H]5CC[C@H]4C5)[C@H]2[C@@H]2C(=O)N(c4ccccc4)C(=O)[C@H]32)cc1. The maximum atomic E-state index is 13.7. The molecule has 0 radical (unpaired) electrons. The largest absolute Gasteiger partial charge is 0.497 e. The Morgan fingerprint density at radius 1 is 0.844 bits per heavy atom. The number of fused-ring (bicyclic) bond motifs is 11. The summed E-state index contributed by atoms with van der Waals surface area (Å²) in [7, 11) is 1.67. The first-order valence-electron chi connectivity index (χ1n) is 11.7. The fraction of sp³-hybridized carbons (Fsp3) is 0.357. The Hall–Kier alpha value is -3.14. The lowest BCUT2D eigenvalue weighted by Crippen LogP contribution is -2.33. The molecule has 1 saturated heterocycles. The third kappa shape index (κ3) is 2.22. The molecule has 0 aromatic heterocycles. The molecule has 6 atom stereocenters. The zero-order valence-corrected chi connectivity index (χ0v) is 18.0. The maximum Gasteiger partial charge on any atom is 0.238 e. The highest BCUT2D eigenvalue weighted by Crippen LogP contribution is 2.70. The van der Waals surface area contributed by atoms with Gasteiger partial charge in [0.05, 0.1) is 24.6 Å². The molecule has 3 fully saturated rings. The number of anilines is 1. The van der Waals surface area contributed by atoms with E-state index in [4.69, 9.17) is 4.74 Å². The molecule has 2 aromatic carbocycles. The van der Waals surface area contributed by atoms with Gasteiger partial charge < -0.3 is 4.74 Å². The van der Waals surface area contributed by atoms with Gasteiger partial charge in [-0.3, -0.25) is 9.59 Å². The van der Waals surface area contributed by atoms with Crippen LogP contribution in [0.15, 0.2) is 71.3 Å². The third-order valence-electron chi connectivity index (χ3n) is 8.61. The summed E-state index contributed by atoms with van der Waals surface area (Å²) in [6, 6.07) is 17.5. The van der Waals surface area contributed by atoms with Crippen molar-refractivity contribution in [3.8, 4) is 5.75 Å². The van der Waals surface area contributed by atoms with Crippen LogP contribution in [-0.4, -0.2) is 18.9 Å². The van der Waals surface area contributed by atoms with Crippen LogP contribution < -0.4 is 9.64 Å². The standard InChI is InChI=1S/C28H25NO3/c1-32-19-11-7-15(8-12-19)13-20-23-21-16-9-10-17(14-16)22(21)24(20)26-25(23)27(30)29(28(26)31)18-5-3-2-4-6-18/h2-8,11-13,16-17,23-26H,9-10,14H2,1H3/t16-,17-,23-,24-,25-,26+/m0/s1. The number of imide groups is 1. The molecule has 0 spiro atoms. The first kappa shape index (κ1) is 18.4. The molecule has 4 heteroatoms. The molecular formula is C28H25NO3. The highest BCUT2D eigenvalue weighted by atomic mass is 16.5. The molecule has 2 amide bonds. The van der Waals surface area contributed by atoms with Gasteiger partial charge in [-0.05, 0) is 60.9 Å². The molecule has 4 bridgehead atoms. The second-order valence-electron chi connectivity index (χ2n) is 9.89. The molecule has 4 aliphatic carbocycles. The van der Waals surface area contributed by atoms with Crippen LogP contribution in [0.25, 0.3) is 6.08 Å². The Morgan fingerprint density at radius 2 is 1.44 bits per heavy atom. The number of amides is 2. The quantitative estimate of drug-likeness (QED) is 0.402. The molecule has 32 heavy (non-hydrogen) atoms. The van der Waals surface area contributed by atoms with Crippen LogP contribution >= 0.6 is 0 Å². The van der Waals surface area contributed by atoms with E-state index in [9.17, 15) is 9.59 Å². The van der Waals surface area contributed by atoms with Gasteiger partial charge >= 0.3 is 0 Å². The summed E-state index contributed by atoms with van der Waals surface area (Å²) in [5.74, 6) is 1.76. The van der Waals surface area contributed by atoms with Gasteiger partial charge in [-0.1, -0.05) is 53.1 Å². The smallest absolute Gasteiger partial charge is 0.238 e. The number of methoxy groups -OCH3 is 1. The Balaban J connectivity index is 1.34. The zero-order valence-electron chi connectivity index (χ0n) is 18.0. The molecule has 2 aromatic rings. The van der Waals surface area contributed by atoms with E-state index >= 15 is 0 Å². The van der Waals surface area contributed by atoms with E-state index in [0.29, 0.717) is 17.5 Å². The number of nitrogens with zero attached hydrogens (tertiary/aromatic N) is 1. The summed E-state index contributed by atoms with van der Waals surface area (Å²) in [5, 5.41) is 0. The summed E-state index contributed by atoms with van der Waals surface area (Å²) in [6.07, 6.45) is 5.98. The summed E-state index contributed by atoms with van der Waals surface area (Å²) in [6.45, 7) is 0. The van der Waals surface area contributed by atoms with Gasteiger partial charge in [-0.25, -0.2) is 4.90 Å². The van der Waals surface area contributed by atoms with Gasteiger partial charge in [0, 0.05) is 11.8 Å². The van der Waals surface area contributed by atoms with Gasteiger partial charge in [0.25, 0.3) is 0 Å². The van der Waals surface area contributed by atoms with Gasteiger partial charge in [0.15, 0.2) is 0 Å². The summed E-state index contributed by atoms with van der Waals surface area (Å²) < 4.78 is 5.31. The predicted octanol–water partition coefficient (Wildman–Crippen LogP) is 4.87. The monoisotopic (exact) mass is 423 g/mol. The van der Waals surface area contributed by atoms with E-state index in [1.165, 1.54) is 40.9 Å². The van der Waals surface area contributed by atoms with Crippen molar-refractivity contribution in [2.75, 3.05) is 12.0 Å². The van der Waals surface area contributed by atoms with Crippen molar-refractivity contribution < 1.29 is 14.3 Å². The first-order valence-corrected chi connectivity index (χ1v) is 11.7. The average Bonchev–Trinajstić information content (AvgIpc) is 3.61. The first-order chi connectivity index (χ1) is 15.7. The number of carbonyl (C=O) groups is 2. The molecule has 7 rings (SSSR count). The number of para-hydroxylation sites is 1. The van der Waals surface area contributed by atoms with Crippen LogP contribution in [0.2, 0.25) is 0 Å². The number of hydrogen-bond acceptors (Lipinski definition) is 3. The number of ether oxygens (including phenoxy) is 1. The topological polar surface area (TPSA) is 46.6 Å². The second-order valence-corrected chi connectivity index (χ2v) is 9.89. The van der Waals surface area contributed by atoms with E-state index in [-0.39, 0.29) is 35.5 Å². The van der Waals surface area contributed by atoms with Crippen LogP contribution in [0.1, 0.15) is 24.8 Å². The normalized spacial score (nSPS) is 35.3. The van der Waals surface area contributed by atoms with Crippen LogP contribution in [-0.2, 0) is 9.59 Å². The molecular weight excluding hydrogens is 398 g/mol. The van der Waals surface area contributed by atoms with E-state index in [0.717, 1.165) is 11.3 Å². The van der Waals surface area contributed by atoms with E-state index in [1.54, 1.807) is 7.11 Å². The summed E-state index contributed by atoms with van der Waals surface area (Å²) in [5.41, 5.74) is 6.19. The van der Waals surface area contributed by atoms with Crippen molar-refractivity contribution >= 4 is 23.6 Å². The van der Waals surface area contributed by atoms with E-state index in [2.05, 4.69) is 18.2 Å². The molecule has 1 aliphatic heterocycles. The van der Waals surface area contributed by atoms with E-state index in [1.807, 2.05) is 42.5 Å². The van der Waals surface area contributed by atoms with Gasteiger partial charge in [0.2, 0.25) is 11.8 Å². The summed E-state index contributed by atoms with van der Waals surface area (Å²) >= 11 is 0. The highest BCUT2D eigenvalue weighted by Gasteiger charge is 2.69. The highest BCUT2D eigenvalue weighted by molar-refractivity contribution is 6.23. The minimum absolute atomic E-state index is 0.00588. The fourth-order valence-corrected chi connectivity index (χ4v) is 7.56. The van der Waals surface area contributed by atoms with Crippen molar-refractivity contribution in [1.29, 1.82) is 0 Å². The molecule has 0 unspecified atom stereocenters. The Kier molecular flexibility index (Phi) is 3.71. The molecule has 5 aliphatic rings. The molecule has 0 N–H and O–H groups in total. The van der Waals surface area contributed by atoms with Gasteiger partial charge in [-0.15, -0.1) is 0 Å². The second kappa shape index (κ2) is 6.44. The Bertz CT molecular complexity index is 1160. The predicted molar refractivity (Wildman–Crippen MR) is 122 cm³/mol. The molecule has 160 valence electrons. The number of hydrogen-bond donors (Lipinski definition) is 0.